The Kier molecular flexibility index (Phi) is 12.4. The Bertz CT molecular complexity index is 2240. The number of phenolic OH excluding ortho intramolecular Hbond substituents is 2. The summed E-state index contributed by atoms with van der Waals surface area (Å²) in [4.78, 5) is 31.6. The van der Waals surface area contributed by atoms with Crippen LogP contribution in [0.3, 0.4) is 0 Å². The zero-order chi connectivity index (χ0) is 45.3. The van der Waals surface area contributed by atoms with Crippen LogP contribution in [-0.2, 0) is 46.9 Å². The van der Waals surface area contributed by atoms with E-state index in [9.17, 15) is 46.1 Å². The molecular formula is C47H57ClF6N2O4. The zero-order valence-electron chi connectivity index (χ0n) is 36.2. The summed E-state index contributed by atoms with van der Waals surface area (Å²) in [6.45, 7) is 21.4. The first-order chi connectivity index (χ1) is 27.2. The summed E-state index contributed by atoms with van der Waals surface area (Å²) in [6, 6.07) is 8.94. The molecule has 2 aromatic heterocycles. The molecule has 2 heterocycles. The van der Waals surface area contributed by atoms with Crippen LogP contribution >= 0.6 is 11.6 Å². The molecule has 0 spiro atoms. The number of phenols is 2. The molecule has 2 unspecified atom stereocenters. The van der Waals surface area contributed by atoms with Crippen LogP contribution in [0.4, 0.5) is 26.3 Å². The molecule has 0 radical (unpaired) electrons. The zero-order valence-corrected chi connectivity index (χ0v) is 37.0. The number of Topliss-reactive ketones (excluding diaryl/α,β-unsaturated/α-hetero) is 2. The van der Waals surface area contributed by atoms with Crippen LogP contribution < -0.4 is 0 Å². The van der Waals surface area contributed by atoms with E-state index >= 15 is 0 Å². The third kappa shape index (κ3) is 10.3. The van der Waals surface area contributed by atoms with Gasteiger partial charge in [-0.2, -0.15) is 26.3 Å². The molecule has 1 saturated carbocycles. The molecule has 0 bridgehead atoms. The highest BCUT2D eigenvalue weighted by molar-refractivity contribution is 6.33. The van der Waals surface area contributed by atoms with Gasteiger partial charge in [0.15, 0.2) is 11.6 Å². The Labute approximate surface area is 353 Å². The quantitative estimate of drug-likeness (QED) is 0.0841. The van der Waals surface area contributed by atoms with Gasteiger partial charge in [0.25, 0.3) is 0 Å². The molecule has 0 amide bonds. The smallest absolute Gasteiger partial charge is 0.431 e. The SMILES string of the molecule is CC(C)(C)c1cc(CCC(=O)c2[nH]c(C3CC3CC(C)(C)c3cc(CCC(=O)c4[nH]c(C(F)(F)F)cc4Cl)cc(C(C)(C)C)c3O)cc2C(F)(F)F)cc(C(C)(C)C)c1O. The summed E-state index contributed by atoms with van der Waals surface area (Å²) >= 11 is 5.99. The summed E-state index contributed by atoms with van der Waals surface area (Å²) in [6.07, 6.45) is -8.43. The lowest BCUT2D eigenvalue weighted by atomic mass is 9.74. The number of aromatic amines is 2. The maximum atomic E-state index is 14.5. The highest BCUT2D eigenvalue weighted by Gasteiger charge is 2.46. The third-order valence-electron chi connectivity index (χ3n) is 11.6. The number of hydrogen-bond donors (Lipinski definition) is 4. The Morgan fingerprint density at radius 1 is 0.617 bits per heavy atom. The third-order valence-corrected chi connectivity index (χ3v) is 11.9. The van der Waals surface area contributed by atoms with Crippen molar-refractivity contribution in [1.29, 1.82) is 0 Å². The Morgan fingerprint density at radius 2 is 1.05 bits per heavy atom. The first kappa shape index (κ1) is 46.9. The standard InChI is InChI=1S/C47H57ClF6N2O4/c1-42(2,3)29-16-24(17-30(40(29)59)43(4,5)6)12-14-35(57)38-28(46(49,50)51)21-34(55-38)27-20-26(27)23-45(10,11)32-19-25(18-31(41(32)60)44(7,8)9)13-15-36(58)39-33(48)22-37(56-39)47(52,53)54/h16-19,21-22,26-27,55-56,59-60H,12-15,20,23H2,1-11H3. The first-order valence-corrected chi connectivity index (χ1v) is 20.6. The fraction of sp³-hybridized carbons (Fsp3) is 0.532. The highest BCUT2D eigenvalue weighted by atomic mass is 35.5. The number of rotatable bonds is 12. The number of hydrogen-bond acceptors (Lipinski definition) is 4. The van der Waals surface area contributed by atoms with Crippen molar-refractivity contribution in [2.45, 2.75) is 155 Å². The molecule has 2 aromatic carbocycles. The highest BCUT2D eigenvalue weighted by Crippen LogP contribution is 2.55. The van der Waals surface area contributed by atoms with E-state index in [1.807, 2.05) is 88.3 Å². The minimum atomic E-state index is -4.77. The largest absolute Gasteiger partial charge is 0.507 e. The number of aromatic hydroxyl groups is 2. The molecule has 1 fully saturated rings. The molecule has 2 atom stereocenters. The van der Waals surface area contributed by atoms with Crippen LogP contribution in [0, 0.1) is 5.92 Å². The number of carbonyl (C=O) groups excluding carboxylic acids is 2. The normalized spacial score (nSPS) is 16.7. The van der Waals surface area contributed by atoms with E-state index < -0.39 is 62.5 Å². The van der Waals surface area contributed by atoms with Crippen LogP contribution in [0.1, 0.15) is 179 Å². The molecule has 6 nitrogen and oxygen atoms in total. The minimum absolute atomic E-state index is 0.0620. The van der Waals surface area contributed by atoms with E-state index in [1.165, 1.54) is 0 Å². The number of halogens is 7. The van der Waals surface area contributed by atoms with E-state index in [2.05, 4.69) is 9.97 Å². The van der Waals surface area contributed by atoms with E-state index in [4.69, 9.17) is 11.6 Å². The first-order valence-electron chi connectivity index (χ1n) is 20.3. The summed E-state index contributed by atoms with van der Waals surface area (Å²) < 4.78 is 83.1. The lowest BCUT2D eigenvalue weighted by Crippen LogP contribution is -2.22. The predicted molar refractivity (Wildman–Crippen MR) is 223 cm³/mol. The van der Waals surface area contributed by atoms with Gasteiger partial charge in [0.05, 0.1) is 16.3 Å². The summed E-state index contributed by atoms with van der Waals surface area (Å²) in [5, 5.41) is 22.4. The van der Waals surface area contributed by atoms with Gasteiger partial charge >= 0.3 is 12.4 Å². The van der Waals surface area contributed by atoms with Gasteiger partial charge in [-0.25, -0.2) is 0 Å². The molecule has 0 aliphatic heterocycles. The van der Waals surface area contributed by atoms with Crippen LogP contribution in [0.15, 0.2) is 36.4 Å². The van der Waals surface area contributed by atoms with Gasteiger partial charge in [-0.3, -0.25) is 9.59 Å². The monoisotopic (exact) mass is 862 g/mol. The molecule has 1 aliphatic carbocycles. The van der Waals surface area contributed by atoms with E-state index in [-0.39, 0.29) is 59.7 Å². The van der Waals surface area contributed by atoms with Crippen molar-refractivity contribution in [3.8, 4) is 11.5 Å². The maximum absolute atomic E-state index is 14.5. The van der Waals surface area contributed by atoms with Gasteiger partial charge in [0, 0.05) is 30.0 Å². The molecule has 4 N–H and O–H groups in total. The number of aryl methyl sites for hydroxylation is 2. The number of carbonyl (C=O) groups is 2. The molecule has 0 saturated heterocycles. The fourth-order valence-corrected chi connectivity index (χ4v) is 8.46. The Hall–Kier alpha value is -4.19. The summed E-state index contributed by atoms with van der Waals surface area (Å²) in [5.41, 5.74) is -0.648. The average Bonchev–Trinajstić information content (AvgIpc) is 3.46. The van der Waals surface area contributed by atoms with Crippen molar-refractivity contribution < 1.29 is 46.1 Å². The molecule has 13 heteroatoms. The lowest BCUT2D eigenvalue weighted by molar-refractivity contribution is -0.141. The Morgan fingerprint density at radius 3 is 1.47 bits per heavy atom. The summed E-state index contributed by atoms with van der Waals surface area (Å²) in [7, 11) is 0. The molecule has 328 valence electrons. The van der Waals surface area contributed by atoms with Crippen molar-refractivity contribution >= 4 is 23.2 Å². The van der Waals surface area contributed by atoms with Crippen LogP contribution in [0.5, 0.6) is 11.5 Å². The topological polar surface area (TPSA) is 106 Å². The van der Waals surface area contributed by atoms with Crippen LogP contribution in [0.25, 0.3) is 0 Å². The van der Waals surface area contributed by atoms with Gasteiger partial charge in [-0.15, -0.1) is 0 Å². The van der Waals surface area contributed by atoms with Crippen molar-refractivity contribution in [1.82, 2.24) is 9.97 Å². The second kappa shape index (κ2) is 15.9. The Balaban J connectivity index is 1.36. The van der Waals surface area contributed by atoms with Gasteiger partial charge < -0.3 is 20.2 Å². The number of aromatic nitrogens is 2. The summed E-state index contributed by atoms with van der Waals surface area (Å²) in [5.74, 6) is -1.39. The van der Waals surface area contributed by atoms with Crippen LogP contribution in [-0.4, -0.2) is 31.7 Å². The number of H-pyrrole nitrogens is 2. The molecule has 5 rings (SSSR count). The molecule has 4 aromatic rings. The van der Waals surface area contributed by atoms with Crippen molar-refractivity contribution in [2.24, 2.45) is 5.92 Å². The van der Waals surface area contributed by atoms with Gasteiger partial charge in [0.2, 0.25) is 0 Å². The van der Waals surface area contributed by atoms with E-state index in [0.29, 0.717) is 52.4 Å². The lowest BCUT2D eigenvalue weighted by Gasteiger charge is -2.31. The van der Waals surface area contributed by atoms with Crippen molar-refractivity contribution in [2.75, 3.05) is 0 Å². The molecular weight excluding hydrogens is 806 g/mol. The predicted octanol–water partition coefficient (Wildman–Crippen LogP) is 13.4. The molecule has 1 aliphatic rings. The number of ketones is 2. The average molecular weight is 863 g/mol. The second-order valence-electron chi connectivity index (χ2n) is 20.3. The second-order valence-corrected chi connectivity index (χ2v) is 20.7. The van der Waals surface area contributed by atoms with Gasteiger partial charge in [-0.05, 0) is 93.2 Å². The fourth-order valence-electron chi connectivity index (χ4n) is 8.20. The number of benzene rings is 2. The van der Waals surface area contributed by atoms with Crippen LogP contribution in [0.2, 0.25) is 5.02 Å². The number of alkyl halides is 6. The van der Waals surface area contributed by atoms with Crippen molar-refractivity contribution in [3.63, 3.8) is 0 Å². The number of nitrogens with one attached hydrogen (secondary N) is 2. The maximum Gasteiger partial charge on any atom is 0.431 e. The van der Waals surface area contributed by atoms with Gasteiger partial charge in [0.1, 0.15) is 22.9 Å². The van der Waals surface area contributed by atoms with Crippen molar-refractivity contribution in [3.05, 3.63) is 103 Å². The van der Waals surface area contributed by atoms with E-state index in [1.54, 1.807) is 12.1 Å². The minimum Gasteiger partial charge on any atom is -0.507 e. The van der Waals surface area contributed by atoms with Gasteiger partial charge in [-0.1, -0.05) is 112 Å². The molecule has 60 heavy (non-hydrogen) atoms. The van der Waals surface area contributed by atoms with E-state index in [0.717, 1.165) is 11.6 Å².